The zero-order valence-corrected chi connectivity index (χ0v) is 11.4. The SMILES string of the molecule is CCNc1nc(NCc2cnn(C)c2)c2cn[nH]c2n1. The summed E-state index contributed by atoms with van der Waals surface area (Å²) in [6.07, 6.45) is 5.51. The molecule has 0 aliphatic rings. The highest BCUT2D eigenvalue weighted by atomic mass is 15.2. The van der Waals surface area contributed by atoms with Crippen molar-refractivity contribution >= 4 is 22.8 Å². The van der Waals surface area contributed by atoms with Crippen LogP contribution < -0.4 is 10.6 Å². The number of aryl methyl sites for hydroxylation is 1. The summed E-state index contributed by atoms with van der Waals surface area (Å²) in [7, 11) is 1.89. The average Bonchev–Trinajstić information content (AvgIpc) is 3.05. The minimum atomic E-state index is 0.581. The Morgan fingerprint density at radius 2 is 2.15 bits per heavy atom. The fourth-order valence-corrected chi connectivity index (χ4v) is 1.96. The molecular formula is C12H16N8. The van der Waals surface area contributed by atoms with E-state index in [4.69, 9.17) is 0 Å². The second-order valence-corrected chi connectivity index (χ2v) is 4.43. The van der Waals surface area contributed by atoms with E-state index in [-0.39, 0.29) is 0 Å². The number of aromatic nitrogens is 6. The standard InChI is InChI=1S/C12H16N8/c1-3-13-12-17-10(9-6-15-19-11(9)18-12)14-4-8-5-16-20(2)7-8/h5-7H,3-4H2,1-2H3,(H3,13,14,15,17,18,19). The number of fused-ring (bicyclic) bond motifs is 1. The van der Waals surface area contributed by atoms with Crippen LogP contribution in [0.25, 0.3) is 11.0 Å². The maximum atomic E-state index is 4.46. The largest absolute Gasteiger partial charge is 0.365 e. The first-order valence-corrected chi connectivity index (χ1v) is 6.42. The predicted octanol–water partition coefficient (Wildman–Crippen LogP) is 1.13. The second kappa shape index (κ2) is 5.16. The molecule has 0 amide bonds. The average molecular weight is 272 g/mol. The van der Waals surface area contributed by atoms with Gasteiger partial charge in [0.05, 0.1) is 17.8 Å². The van der Waals surface area contributed by atoms with Crippen LogP contribution in [0.4, 0.5) is 11.8 Å². The zero-order chi connectivity index (χ0) is 13.9. The Balaban J connectivity index is 1.87. The van der Waals surface area contributed by atoms with Crippen LogP contribution in [0.3, 0.4) is 0 Å². The van der Waals surface area contributed by atoms with Gasteiger partial charge in [-0.25, -0.2) is 0 Å². The van der Waals surface area contributed by atoms with Crippen molar-refractivity contribution in [2.24, 2.45) is 7.05 Å². The van der Waals surface area contributed by atoms with Gasteiger partial charge in [-0.15, -0.1) is 0 Å². The van der Waals surface area contributed by atoms with Gasteiger partial charge in [0.1, 0.15) is 5.82 Å². The Kier molecular flexibility index (Phi) is 3.20. The second-order valence-electron chi connectivity index (χ2n) is 4.43. The van der Waals surface area contributed by atoms with Crippen LogP contribution >= 0.6 is 0 Å². The minimum Gasteiger partial charge on any atom is -0.365 e. The number of rotatable bonds is 5. The molecule has 0 unspecified atom stereocenters. The molecule has 0 aliphatic heterocycles. The number of hydrogen-bond donors (Lipinski definition) is 3. The lowest BCUT2D eigenvalue weighted by molar-refractivity contribution is 0.767. The van der Waals surface area contributed by atoms with E-state index in [1.54, 1.807) is 10.9 Å². The molecule has 0 spiro atoms. The Morgan fingerprint density at radius 1 is 1.25 bits per heavy atom. The highest BCUT2D eigenvalue weighted by Crippen LogP contribution is 2.20. The van der Waals surface area contributed by atoms with Gasteiger partial charge in [0.15, 0.2) is 5.65 Å². The molecule has 3 rings (SSSR count). The third-order valence-corrected chi connectivity index (χ3v) is 2.86. The van der Waals surface area contributed by atoms with E-state index in [1.807, 2.05) is 26.4 Å². The molecular weight excluding hydrogens is 256 g/mol. The van der Waals surface area contributed by atoms with Gasteiger partial charge in [0.25, 0.3) is 0 Å². The molecule has 0 bridgehead atoms. The van der Waals surface area contributed by atoms with E-state index >= 15 is 0 Å². The van der Waals surface area contributed by atoms with E-state index < -0.39 is 0 Å². The quantitative estimate of drug-likeness (QED) is 0.644. The molecule has 0 atom stereocenters. The number of nitrogens with zero attached hydrogens (tertiary/aromatic N) is 5. The van der Waals surface area contributed by atoms with E-state index in [1.165, 1.54) is 0 Å². The first-order chi connectivity index (χ1) is 9.76. The van der Waals surface area contributed by atoms with Crippen molar-refractivity contribution in [2.75, 3.05) is 17.2 Å². The number of nitrogens with one attached hydrogen (secondary N) is 3. The van der Waals surface area contributed by atoms with Crippen LogP contribution in [0.15, 0.2) is 18.6 Å². The summed E-state index contributed by atoms with van der Waals surface area (Å²) in [6.45, 7) is 3.42. The lowest BCUT2D eigenvalue weighted by Crippen LogP contribution is -2.07. The summed E-state index contributed by atoms with van der Waals surface area (Å²) in [5.41, 5.74) is 1.80. The van der Waals surface area contributed by atoms with Crippen LogP contribution in [-0.2, 0) is 13.6 Å². The third kappa shape index (κ3) is 2.40. The molecule has 8 nitrogen and oxygen atoms in total. The van der Waals surface area contributed by atoms with E-state index in [9.17, 15) is 0 Å². The lowest BCUT2D eigenvalue weighted by Gasteiger charge is -2.07. The van der Waals surface area contributed by atoms with Crippen LogP contribution in [0, 0.1) is 0 Å². The number of H-pyrrole nitrogens is 1. The molecule has 3 aromatic rings. The molecule has 0 radical (unpaired) electrons. The summed E-state index contributed by atoms with van der Waals surface area (Å²) in [5.74, 6) is 1.33. The van der Waals surface area contributed by atoms with Crippen molar-refractivity contribution in [2.45, 2.75) is 13.5 Å². The van der Waals surface area contributed by atoms with E-state index in [0.29, 0.717) is 18.1 Å². The smallest absolute Gasteiger partial charge is 0.226 e. The Hall–Kier alpha value is -2.64. The first-order valence-electron chi connectivity index (χ1n) is 6.42. The van der Waals surface area contributed by atoms with Gasteiger partial charge >= 0.3 is 0 Å². The summed E-state index contributed by atoms with van der Waals surface area (Å²) in [6, 6.07) is 0. The van der Waals surface area contributed by atoms with Crippen LogP contribution in [0.1, 0.15) is 12.5 Å². The topological polar surface area (TPSA) is 96.3 Å². The van der Waals surface area contributed by atoms with E-state index in [0.717, 1.165) is 23.3 Å². The van der Waals surface area contributed by atoms with Gasteiger partial charge < -0.3 is 10.6 Å². The molecule has 8 heteroatoms. The fourth-order valence-electron chi connectivity index (χ4n) is 1.96. The Labute approximate surface area is 115 Å². The van der Waals surface area contributed by atoms with Gasteiger partial charge in [-0.05, 0) is 6.92 Å². The van der Waals surface area contributed by atoms with Gasteiger partial charge in [-0.2, -0.15) is 20.2 Å². The molecule has 0 fully saturated rings. The summed E-state index contributed by atoms with van der Waals surface area (Å²) >= 11 is 0. The molecule has 3 N–H and O–H groups in total. The number of hydrogen-bond acceptors (Lipinski definition) is 6. The minimum absolute atomic E-state index is 0.581. The van der Waals surface area contributed by atoms with Crippen molar-refractivity contribution in [1.82, 2.24) is 29.9 Å². The summed E-state index contributed by atoms with van der Waals surface area (Å²) in [4.78, 5) is 8.81. The molecule has 3 aromatic heterocycles. The van der Waals surface area contributed by atoms with Crippen LogP contribution in [0.5, 0.6) is 0 Å². The van der Waals surface area contributed by atoms with Gasteiger partial charge in [-0.1, -0.05) is 0 Å². The zero-order valence-electron chi connectivity index (χ0n) is 11.4. The monoisotopic (exact) mass is 272 g/mol. The molecule has 0 saturated heterocycles. The van der Waals surface area contributed by atoms with Crippen molar-refractivity contribution in [3.8, 4) is 0 Å². The number of aromatic amines is 1. The van der Waals surface area contributed by atoms with Crippen LogP contribution in [0.2, 0.25) is 0 Å². The lowest BCUT2D eigenvalue weighted by atomic mass is 10.3. The molecule has 3 heterocycles. The highest BCUT2D eigenvalue weighted by Gasteiger charge is 2.09. The van der Waals surface area contributed by atoms with Crippen molar-refractivity contribution < 1.29 is 0 Å². The predicted molar refractivity (Wildman–Crippen MR) is 76.4 cm³/mol. The van der Waals surface area contributed by atoms with Crippen molar-refractivity contribution in [3.05, 3.63) is 24.2 Å². The highest BCUT2D eigenvalue weighted by molar-refractivity contribution is 5.86. The molecule has 104 valence electrons. The van der Waals surface area contributed by atoms with E-state index in [2.05, 4.69) is 35.9 Å². The summed E-state index contributed by atoms with van der Waals surface area (Å²) < 4.78 is 1.77. The first kappa shape index (κ1) is 12.4. The van der Waals surface area contributed by atoms with Crippen molar-refractivity contribution in [3.63, 3.8) is 0 Å². The fraction of sp³-hybridized carbons (Fsp3) is 0.333. The normalized spacial score (nSPS) is 10.9. The number of anilines is 2. The van der Waals surface area contributed by atoms with Gasteiger partial charge in [0.2, 0.25) is 5.95 Å². The van der Waals surface area contributed by atoms with Crippen LogP contribution in [-0.4, -0.2) is 36.5 Å². The Morgan fingerprint density at radius 3 is 2.90 bits per heavy atom. The maximum absolute atomic E-state index is 4.46. The van der Waals surface area contributed by atoms with Crippen molar-refractivity contribution in [1.29, 1.82) is 0 Å². The Bertz CT molecular complexity index is 713. The molecule has 0 aromatic carbocycles. The third-order valence-electron chi connectivity index (χ3n) is 2.86. The molecule has 0 aliphatic carbocycles. The van der Waals surface area contributed by atoms with Gasteiger partial charge in [0, 0.05) is 31.9 Å². The maximum Gasteiger partial charge on any atom is 0.226 e. The molecule has 20 heavy (non-hydrogen) atoms. The van der Waals surface area contributed by atoms with Gasteiger partial charge in [-0.3, -0.25) is 9.78 Å². The molecule has 0 saturated carbocycles. The summed E-state index contributed by atoms with van der Waals surface area (Å²) in [5, 5.41) is 18.3.